The van der Waals surface area contributed by atoms with Gasteiger partial charge in [0.15, 0.2) is 0 Å². The minimum Gasteiger partial charge on any atom is -0.337 e. The van der Waals surface area contributed by atoms with Crippen LogP contribution in [0.15, 0.2) is 22.0 Å². The Morgan fingerprint density at radius 2 is 1.90 bits per heavy atom. The summed E-state index contributed by atoms with van der Waals surface area (Å²) in [5.41, 5.74) is 0. The SMILES string of the molecule is O=C(/C=C/c1ccc(Br)s1)N1CCN(C2CCCC2)CC1. The van der Waals surface area contributed by atoms with Gasteiger partial charge in [-0.2, -0.15) is 0 Å². The highest BCUT2D eigenvalue weighted by Crippen LogP contribution is 2.25. The van der Waals surface area contributed by atoms with E-state index in [2.05, 4.69) is 20.8 Å². The summed E-state index contributed by atoms with van der Waals surface area (Å²) in [6.45, 7) is 3.81. The van der Waals surface area contributed by atoms with Crippen LogP contribution in [0, 0.1) is 0 Å². The Morgan fingerprint density at radius 3 is 2.52 bits per heavy atom. The molecule has 0 N–H and O–H groups in total. The van der Waals surface area contributed by atoms with Gasteiger partial charge in [0.05, 0.1) is 3.79 Å². The molecule has 2 fully saturated rings. The quantitative estimate of drug-likeness (QED) is 0.760. The fourth-order valence-corrected chi connectivity index (χ4v) is 4.58. The maximum absolute atomic E-state index is 12.2. The van der Waals surface area contributed by atoms with Gasteiger partial charge in [0.25, 0.3) is 0 Å². The average Bonchev–Trinajstić information content (AvgIpc) is 3.16. The van der Waals surface area contributed by atoms with Crippen molar-refractivity contribution in [3.8, 4) is 0 Å². The number of nitrogens with zero attached hydrogens (tertiary/aromatic N) is 2. The van der Waals surface area contributed by atoms with E-state index in [1.807, 2.05) is 23.1 Å². The molecule has 2 aliphatic rings. The first kappa shape index (κ1) is 15.3. The molecule has 5 heteroatoms. The molecule has 1 aromatic rings. The maximum Gasteiger partial charge on any atom is 0.246 e. The summed E-state index contributed by atoms with van der Waals surface area (Å²) < 4.78 is 1.10. The summed E-state index contributed by atoms with van der Waals surface area (Å²) in [6.07, 6.45) is 9.08. The van der Waals surface area contributed by atoms with Gasteiger partial charge in [-0.3, -0.25) is 9.69 Å². The molecule has 3 rings (SSSR count). The molecular formula is C16H21BrN2OS. The maximum atomic E-state index is 12.2. The number of hydrogen-bond acceptors (Lipinski definition) is 3. The number of halogens is 1. The molecule has 1 amide bonds. The molecule has 1 aliphatic heterocycles. The van der Waals surface area contributed by atoms with Crippen LogP contribution in [0.5, 0.6) is 0 Å². The van der Waals surface area contributed by atoms with Gasteiger partial charge in [0, 0.05) is 43.2 Å². The fourth-order valence-electron chi connectivity index (χ4n) is 3.25. The summed E-state index contributed by atoms with van der Waals surface area (Å²) in [6, 6.07) is 4.81. The van der Waals surface area contributed by atoms with Gasteiger partial charge in [0.1, 0.15) is 0 Å². The third-order valence-corrected chi connectivity index (χ3v) is 6.04. The van der Waals surface area contributed by atoms with Crippen molar-refractivity contribution in [3.05, 3.63) is 26.9 Å². The number of piperazine rings is 1. The van der Waals surface area contributed by atoms with Gasteiger partial charge >= 0.3 is 0 Å². The van der Waals surface area contributed by atoms with Crippen LogP contribution in [0.2, 0.25) is 0 Å². The minimum absolute atomic E-state index is 0.144. The first-order valence-corrected chi connectivity index (χ1v) is 9.30. The van der Waals surface area contributed by atoms with Crippen LogP contribution in [-0.4, -0.2) is 47.9 Å². The van der Waals surface area contributed by atoms with Gasteiger partial charge in [-0.25, -0.2) is 0 Å². The monoisotopic (exact) mass is 368 g/mol. The Bertz CT molecular complexity index is 514. The molecule has 2 heterocycles. The van der Waals surface area contributed by atoms with Crippen molar-refractivity contribution in [1.29, 1.82) is 0 Å². The van der Waals surface area contributed by atoms with E-state index in [1.165, 1.54) is 25.7 Å². The van der Waals surface area contributed by atoms with Crippen LogP contribution in [0.25, 0.3) is 6.08 Å². The van der Waals surface area contributed by atoms with E-state index >= 15 is 0 Å². The Balaban J connectivity index is 1.49. The molecule has 0 radical (unpaired) electrons. The molecule has 1 saturated carbocycles. The standard InChI is InChI=1S/C16H21BrN2OS/c17-15-7-5-14(21-15)6-8-16(20)19-11-9-18(10-12-19)13-3-1-2-4-13/h5-8,13H,1-4,9-12H2/b8-6+. The Hall–Kier alpha value is -0.650. The average molecular weight is 369 g/mol. The molecule has 114 valence electrons. The van der Waals surface area contributed by atoms with Gasteiger partial charge < -0.3 is 4.90 Å². The molecular weight excluding hydrogens is 348 g/mol. The van der Waals surface area contributed by atoms with Crippen LogP contribution in [0.1, 0.15) is 30.6 Å². The molecule has 1 aromatic heterocycles. The molecule has 0 aromatic carbocycles. The zero-order valence-corrected chi connectivity index (χ0v) is 14.5. The highest BCUT2D eigenvalue weighted by molar-refractivity contribution is 9.11. The lowest BCUT2D eigenvalue weighted by Crippen LogP contribution is -2.51. The smallest absolute Gasteiger partial charge is 0.246 e. The van der Waals surface area contributed by atoms with Gasteiger partial charge in [-0.1, -0.05) is 12.8 Å². The first-order chi connectivity index (χ1) is 10.2. The van der Waals surface area contributed by atoms with Crippen molar-refractivity contribution in [3.63, 3.8) is 0 Å². The predicted octanol–water partition coefficient (Wildman–Crippen LogP) is 3.61. The lowest BCUT2D eigenvalue weighted by molar-refractivity contribution is -0.127. The Labute approximate surface area is 138 Å². The number of hydrogen-bond donors (Lipinski definition) is 0. The molecule has 0 unspecified atom stereocenters. The highest BCUT2D eigenvalue weighted by Gasteiger charge is 2.27. The molecule has 0 bridgehead atoms. The van der Waals surface area contributed by atoms with Crippen LogP contribution in [0.3, 0.4) is 0 Å². The second kappa shape index (κ2) is 7.07. The number of carbonyl (C=O) groups is 1. The van der Waals surface area contributed by atoms with Crippen LogP contribution in [0.4, 0.5) is 0 Å². The second-order valence-corrected chi connectivity index (χ2v) is 8.27. The third kappa shape index (κ3) is 3.96. The molecule has 1 saturated heterocycles. The van der Waals surface area contributed by atoms with Crippen molar-refractivity contribution in [1.82, 2.24) is 9.80 Å². The van der Waals surface area contributed by atoms with Crippen LogP contribution >= 0.6 is 27.3 Å². The normalized spacial score (nSPS) is 21.5. The van der Waals surface area contributed by atoms with Gasteiger partial charge in [-0.15, -0.1) is 11.3 Å². The van der Waals surface area contributed by atoms with E-state index in [4.69, 9.17) is 0 Å². The number of carbonyl (C=O) groups excluding carboxylic acids is 1. The molecule has 21 heavy (non-hydrogen) atoms. The summed E-state index contributed by atoms with van der Waals surface area (Å²) >= 11 is 5.08. The second-order valence-electron chi connectivity index (χ2n) is 5.77. The number of rotatable bonds is 3. The van der Waals surface area contributed by atoms with Crippen molar-refractivity contribution < 1.29 is 4.79 Å². The van der Waals surface area contributed by atoms with Gasteiger partial charge in [-0.05, 0) is 47.0 Å². The summed E-state index contributed by atoms with van der Waals surface area (Å²) in [7, 11) is 0. The summed E-state index contributed by atoms with van der Waals surface area (Å²) in [5.74, 6) is 0.144. The van der Waals surface area contributed by atoms with E-state index in [1.54, 1.807) is 17.4 Å². The van der Waals surface area contributed by atoms with E-state index in [0.29, 0.717) is 0 Å². The zero-order valence-electron chi connectivity index (χ0n) is 12.1. The molecule has 3 nitrogen and oxygen atoms in total. The van der Waals surface area contributed by atoms with E-state index in [9.17, 15) is 4.79 Å². The van der Waals surface area contributed by atoms with E-state index in [-0.39, 0.29) is 5.91 Å². The Morgan fingerprint density at radius 1 is 1.19 bits per heavy atom. The number of amides is 1. The molecule has 0 atom stereocenters. The molecule has 0 spiro atoms. The van der Waals surface area contributed by atoms with Crippen LogP contribution in [-0.2, 0) is 4.79 Å². The Kier molecular flexibility index (Phi) is 5.14. The predicted molar refractivity (Wildman–Crippen MR) is 91.5 cm³/mol. The first-order valence-electron chi connectivity index (χ1n) is 7.69. The molecule has 1 aliphatic carbocycles. The van der Waals surface area contributed by atoms with Crippen LogP contribution < -0.4 is 0 Å². The van der Waals surface area contributed by atoms with Crippen molar-refractivity contribution in [2.45, 2.75) is 31.7 Å². The van der Waals surface area contributed by atoms with Crippen molar-refractivity contribution in [2.75, 3.05) is 26.2 Å². The van der Waals surface area contributed by atoms with Crippen molar-refractivity contribution in [2.24, 2.45) is 0 Å². The largest absolute Gasteiger partial charge is 0.337 e. The summed E-state index contributed by atoms with van der Waals surface area (Å²) in [4.78, 5) is 17.9. The topological polar surface area (TPSA) is 23.6 Å². The van der Waals surface area contributed by atoms with E-state index < -0.39 is 0 Å². The lowest BCUT2D eigenvalue weighted by atomic mass is 10.2. The van der Waals surface area contributed by atoms with E-state index in [0.717, 1.165) is 40.9 Å². The highest BCUT2D eigenvalue weighted by atomic mass is 79.9. The van der Waals surface area contributed by atoms with Gasteiger partial charge in [0.2, 0.25) is 5.91 Å². The number of thiophene rings is 1. The third-order valence-electron chi connectivity index (χ3n) is 4.45. The summed E-state index contributed by atoms with van der Waals surface area (Å²) in [5, 5.41) is 0. The fraction of sp³-hybridized carbons (Fsp3) is 0.562. The minimum atomic E-state index is 0.144. The zero-order chi connectivity index (χ0) is 14.7. The van der Waals surface area contributed by atoms with Crippen molar-refractivity contribution >= 4 is 39.2 Å². The lowest BCUT2D eigenvalue weighted by Gasteiger charge is -2.37.